The summed E-state index contributed by atoms with van der Waals surface area (Å²) >= 11 is 0. The van der Waals surface area contributed by atoms with Gasteiger partial charge in [-0.15, -0.1) is 0 Å². The number of ether oxygens (including phenoxy) is 3. The van der Waals surface area contributed by atoms with Crippen LogP contribution in [0, 0.1) is 0 Å². The van der Waals surface area contributed by atoms with Crippen molar-refractivity contribution in [3.05, 3.63) is 24.3 Å². The Morgan fingerprint density at radius 2 is 0.677 bits per heavy atom. The number of hydrogen-bond donors (Lipinski definition) is 0. The van der Waals surface area contributed by atoms with Crippen molar-refractivity contribution >= 4 is 11.9 Å². The fourth-order valence-electron chi connectivity index (χ4n) is 8.31. The molecule has 5 heteroatoms. The van der Waals surface area contributed by atoms with E-state index in [0.29, 0.717) is 26.1 Å². The molecule has 0 amide bonds. The van der Waals surface area contributed by atoms with Gasteiger partial charge in [-0.3, -0.25) is 9.59 Å². The highest BCUT2D eigenvalue weighted by Crippen LogP contribution is 2.16. The van der Waals surface area contributed by atoms with Gasteiger partial charge in [-0.2, -0.15) is 0 Å². The molecule has 0 saturated carbocycles. The van der Waals surface area contributed by atoms with E-state index in [9.17, 15) is 9.59 Å². The van der Waals surface area contributed by atoms with E-state index in [1.54, 1.807) is 0 Å². The third-order valence-corrected chi connectivity index (χ3v) is 12.5. The highest BCUT2D eigenvalue weighted by Gasteiger charge is 2.17. The minimum atomic E-state index is -0.532. The van der Waals surface area contributed by atoms with E-state index < -0.39 is 6.10 Å². The Hall–Kier alpha value is -1.62. The van der Waals surface area contributed by atoms with E-state index in [1.165, 1.54) is 225 Å². The molecule has 0 saturated heterocycles. The number of rotatable bonds is 52. The summed E-state index contributed by atoms with van der Waals surface area (Å²) in [5.74, 6) is -0.385. The summed E-state index contributed by atoms with van der Waals surface area (Å²) in [5, 5.41) is 0. The minimum Gasteiger partial charge on any atom is -0.462 e. The van der Waals surface area contributed by atoms with Gasteiger partial charge in [-0.25, -0.2) is 0 Å². The van der Waals surface area contributed by atoms with E-state index in [2.05, 4.69) is 45.1 Å². The van der Waals surface area contributed by atoms with E-state index in [-0.39, 0.29) is 18.5 Å². The highest BCUT2D eigenvalue weighted by atomic mass is 16.6. The molecule has 0 bridgehead atoms. The first-order valence-electron chi connectivity index (χ1n) is 27.9. The Kier molecular flexibility index (Phi) is 52.3. The van der Waals surface area contributed by atoms with Crippen molar-refractivity contribution in [2.24, 2.45) is 0 Å². The fraction of sp³-hybridized carbons (Fsp3) is 0.895. The van der Waals surface area contributed by atoms with Crippen LogP contribution < -0.4 is 0 Å². The Bertz CT molecular complexity index is 943. The molecular formula is C57H108O5. The van der Waals surface area contributed by atoms with Crippen LogP contribution in [0.15, 0.2) is 24.3 Å². The van der Waals surface area contributed by atoms with Crippen LogP contribution in [0.5, 0.6) is 0 Å². The molecule has 0 aromatic rings. The average Bonchev–Trinajstić information content (AvgIpc) is 3.27. The summed E-state index contributed by atoms with van der Waals surface area (Å²) in [6.45, 7) is 7.86. The van der Waals surface area contributed by atoms with Crippen LogP contribution >= 0.6 is 0 Å². The molecule has 0 rings (SSSR count). The third kappa shape index (κ3) is 51.0. The second kappa shape index (κ2) is 53.7. The fourth-order valence-corrected chi connectivity index (χ4v) is 8.31. The predicted octanol–water partition coefficient (Wildman–Crippen LogP) is 18.8. The standard InChI is InChI=1S/C57H108O5/c1-4-7-10-13-16-19-22-25-27-29-30-33-36-39-42-45-48-51-57(59)62-55(54-61-56(58)50-47-44-41-38-35-32-24-21-18-15-12-9-6-3)53-60-52-49-46-43-40-37-34-31-28-26-23-20-17-14-11-8-5-2/h16,19,25,27,55H,4-15,17-18,20-24,26,28-54H2,1-3H3/b19-16-,27-25-/t55-/m1/s1. The Balaban J connectivity index is 4.23. The molecule has 62 heavy (non-hydrogen) atoms. The van der Waals surface area contributed by atoms with Crippen molar-refractivity contribution in [3.8, 4) is 0 Å². The van der Waals surface area contributed by atoms with Gasteiger partial charge < -0.3 is 14.2 Å². The first kappa shape index (κ1) is 60.4. The third-order valence-electron chi connectivity index (χ3n) is 12.5. The van der Waals surface area contributed by atoms with Gasteiger partial charge >= 0.3 is 11.9 Å². The zero-order chi connectivity index (χ0) is 44.9. The number of carbonyl (C=O) groups is 2. The monoisotopic (exact) mass is 873 g/mol. The van der Waals surface area contributed by atoms with Crippen molar-refractivity contribution < 1.29 is 23.8 Å². The lowest BCUT2D eigenvalue weighted by molar-refractivity contribution is -0.163. The van der Waals surface area contributed by atoms with Crippen LogP contribution in [0.2, 0.25) is 0 Å². The predicted molar refractivity (Wildman–Crippen MR) is 270 cm³/mol. The quantitative estimate of drug-likeness (QED) is 0.0346. The van der Waals surface area contributed by atoms with Gasteiger partial charge in [0.2, 0.25) is 0 Å². The highest BCUT2D eigenvalue weighted by molar-refractivity contribution is 5.70. The maximum atomic E-state index is 12.8. The largest absolute Gasteiger partial charge is 0.462 e. The lowest BCUT2D eigenvalue weighted by Crippen LogP contribution is -2.30. The molecule has 0 unspecified atom stereocenters. The zero-order valence-electron chi connectivity index (χ0n) is 42.2. The molecule has 0 heterocycles. The topological polar surface area (TPSA) is 61.8 Å². The summed E-state index contributed by atoms with van der Waals surface area (Å²) in [6.07, 6.45) is 63.3. The Morgan fingerprint density at radius 1 is 0.355 bits per heavy atom. The van der Waals surface area contributed by atoms with Crippen LogP contribution in [0.4, 0.5) is 0 Å². The number of unbranched alkanes of at least 4 members (excludes halogenated alkanes) is 37. The molecule has 5 nitrogen and oxygen atoms in total. The molecular weight excluding hydrogens is 765 g/mol. The number of allylic oxidation sites excluding steroid dienone is 4. The Labute approximate surface area is 387 Å². The lowest BCUT2D eigenvalue weighted by Gasteiger charge is -2.18. The molecule has 1 atom stereocenters. The van der Waals surface area contributed by atoms with E-state index >= 15 is 0 Å². The molecule has 0 aliphatic heterocycles. The van der Waals surface area contributed by atoms with Crippen LogP contribution in [-0.4, -0.2) is 37.9 Å². The number of carbonyl (C=O) groups excluding carboxylic acids is 2. The molecule has 0 radical (unpaired) electrons. The molecule has 0 fully saturated rings. The summed E-state index contributed by atoms with van der Waals surface area (Å²) in [7, 11) is 0. The summed E-state index contributed by atoms with van der Waals surface area (Å²) in [5.41, 5.74) is 0. The first-order chi connectivity index (χ1) is 30.6. The smallest absolute Gasteiger partial charge is 0.306 e. The van der Waals surface area contributed by atoms with Gasteiger partial charge in [-0.1, -0.05) is 263 Å². The lowest BCUT2D eigenvalue weighted by atomic mass is 10.0. The van der Waals surface area contributed by atoms with E-state index in [0.717, 1.165) is 44.9 Å². The van der Waals surface area contributed by atoms with Crippen molar-refractivity contribution in [2.75, 3.05) is 19.8 Å². The van der Waals surface area contributed by atoms with Crippen LogP contribution in [0.1, 0.15) is 303 Å². The molecule has 0 aromatic carbocycles. The van der Waals surface area contributed by atoms with Crippen molar-refractivity contribution in [1.29, 1.82) is 0 Å². The maximum absolute atomic E-state index is 12.8. The summed E-state index contributed by atoms with van der Waals surface area (Å²) in [4.78, 5) is 25.4. The Morgan fingerprint density at radius 3 is 1.10 bits per heavy atom. The number of esters is 2. The molecule has 0 spiro atoms. The van der Waals surface area contributed by atoms with E-state index in [1.807, 2.05) is 0 Å². The minimum absolute atomic E-state index is 0.0902. The van der Waals surface area contributed by atoms with Crippen LogP contribution in [0.25, 0.3) is 0 Å². The molecule has 366 valence electrons. The second-order valence-electron chi connectivity index (χ2n) is 18.9. The number of hydrogen-bond acceptors (Lipinski definition) is 5. The van der Waals surface area contributed by atoms with Gasteiger partial charge in [0, 0.05) is 19.4 Å². The molecule has 0 aromatic heterocycles. The molecule has 0 N–H and O–H groups in total. The zero-order valence-corrected chi connectivity index (χ0v) is 42.2. The molecule has 0 aliphatic rings. The molecule has 0 aliphatic carbocycles. The van der Waals surface area contributed by atoms with E-state index in [4.69, 9.17) is 14.2 Å². The van der Waals surface area contributed by atoms with Crippen molar-refractivity contribution in [3.63, 3.8) is 0 Å². The normalized spacial score (nSPS) is 12.2. The van der Waals surface area contributed by atoms with Gasteiger partial charge in [0.1, 0.15) is 6.61 Å². The summed E-state index contributed by atoms with van der Waals surface area (Å²) < 4.78 is 17.5. The van der Waals surface area contributed by atoms with Crippen LogP contribution in [0.3, 0.4) is 0 Å². The second-order valence-corrected chi connectivity index (χ2v) is 18.9. The van der Waals surface area contributed by atoms with Crippen molar-refractivity contribution in [1.82, 2.24) is 0 Å². The van der Waals surface area contributed by atoms with Crippen LogP contribution in [-0.2, 0) is 23.8 Å². The van der Waals surface area contributed by atoms with Gasteiger partial charge in [0.15, 0.2) is 6.10 Å². The summed E-state index contributed by atoms with van der Waals surface area (Å²) in [6, 6.07) is 0. The maximum Gasteiger partial charge on any atom is 0.306 e. The first-order valence-corrected chi connectivity index (χ1v) is 27.9. The average molecular weight is 873 g/mol. The van der Waals surface area contributed by atoms with Gasteiger partial charge in [0.05, 0.1) is 6.61 Å². The van der Waals surface area contributed by atoms with Crippen molar-refractivity contribution in [2.45, 2.75) is 309 Å². The van der Waals surface area contributed by atoms with Gasteiger partial charge in [0.25, 0.3) is 0 Å². The SMILES string of the molecule is CCCCC/C=C\C/C=C\CCCCCCCCCC(=O)O[C@H](COCCCCCCCCCCCCCCCCCC)COC(=O)CCCCCCCCCCCCCCC. The van der Waals surface area contributed by atoms with Gasteiger partial charge in [-0.05, 0) is 51.4 Å².